The number of aryl methyl sites for hydroxylation is 1. The van der Waals surface area contributed by atoms with Crippen LogP contribution in [0.15, 0.2) is 29.2 Å². The van der Waals surface area contributed by atoms with Gasteiger partial charge in [-0.2, -0.15) is 4.31 Å². The molecule has 4 nitrogen and oxygen atoms in total. The zero-order valence-corrected chi connectivity index (χ0v) is 13.9. The summed E-state index contributed by atoms with van der Waals surface area (Å²) in [5, 5.41) is 0. The van der Waals surface area contributed by atoms with Crippen molar-refractivity contribution in [2.45, 2.75) is 38.0 Å². The third-order valence-electron chi connectivity index (χ3n) is 4.16. The number of nitrogens with zero attached hydrogens (tertiary/aromatic N) is 2. The molecule has 2 rings (SSSR count). The summed E-state index contributed by atoms with van der Waals surface area (Å²) in [4.78, 5) is 2.70. The number of rotatable bonds is 6. The van der Waals surface area contributed by atoms with E-state index in [1.54, 1.807) is 16.4 Å². The van der Waals surface area contributed by atoms with Crippen molar-refractivity contribution in [3.05, 3.63) is 29.8 Å². The molecule has 0 aromatic heterocycles. The van der Waals surface area contributed by atoms with Crippen molar-refractivity contribution in [2.24, 2.45) is 0 Å². The van der Waals surface area contributed by atoms with Crippen molar-refractivity contribution in [1.29, 1.82) is 0 Å². The maximum absolute atomic E-state index is 12.6. The number of piperazine rings is 1. The largest absolute Gasteiger partial charge is 0.301 e. The van der Waals surface area contributed by atoms with Gasteiger partial charge < -0.3 is 4.90 Å². The molecular formula is C16H26N2O2S. The van der Waals surface area contributed by atoms with Gasteiger partial charge >= 0.3 is 0 Å². The molecular weight excluding hydrogens is 284 g/mol. The molecule has 1 aliphatic rings. The predicted molar refractivity (Wildman–Crippen MR) is 85.9 cm³/mol. The fourth-order valence-corrected chi connectivity index (χ4v) is 4.07. The van der Waals surface area contributed by atoms with Crippen molar-refractivity contribution < 1.29 is 8.42 Å². The fraction of sp³-hybridized carbons (Fsp3) is 0.625. The highest BCUT2D eigenvalue weighted by molar-refractivity contribution is 7.89. The highest BCUT2D eigenvalue weighted by atomic mass is 32.2. The van der Waals surface area contributed by atoms with Crippen LogP contribution in [0.2, 0.25) is 0 Å². The molecule has 0 unspecified atom stereocenters. The molecule has 0 radical (unpaired) electrons. The molecule has 0 saturated carbocycles. The first-order valence-electron chi connectivity index (χ1n) is 7.89. The Kier molecular flexibility index (Phi) is 5.79. The minimum absolute atomic E-state index is 0.424. The Labute approximate surface area is 128 Å². The Morgan fingerprint density at radius 3 is 2.14 bits per heavy atom. The number of sulfonamides is 1. The van der Waals surface area contributed by atoms with Crippen LogP contribution < -0.4 is 0 Å². The molecule has 21 heavy (non-hydrogen) atoms. The molecule has 0 atom stereocenters. The van der Waals surface area contributed by atoms with Crippen molar-refractivity contribution in [2.75, 3.05) is 32.7 Å². The summed E-state index contributed by atoms with van der Waals surface area (Å²) >= 11 is 0. The number of likely N-dealkylation sites (N-methyl/N-ethyl adjacent to an activating group) is 1. The first-order valence-corrected chi connectivity index (χ1v) is 9.33. The molecule has 1 aliphatic heterocycles. The van der Waals surface area contributed by atoms with Gasteiger partial charge in [0.2, 0.25) is 10.0 Å². The van der Waals surface area contributed by atoms with Crippen LogP contribution >= 0.6 is 0 Å². The van der Waals surface area contributed by atoms with Gasteiger partial charge in [-0.05, 0) is 37.1 Å². The Bertz CT molecular complexity index is 532. The summed E-state index contributed by atoms with van der Waals surface area (Å²) in [6.07, 6.45) is 3.32. The zero-order valence-electron chi connectivity index (χ0n) is 13.1. The summed E-state index contributed by atoms with van der Waals surface area (Å²) < 4.78 is 26.8. The van der Waals surface area contributed by atoms with E-state index in [9.17, 15) is 8.42 Å². The van der Waals surface area contributed by atoms with Crippen LogP contribution in [0.3, 0.4) is 0 Å². The Hall–Kier alpha value is -0.910. The van der Waals surface area contributed by atoms with Gasteiger partial charge in [0.15, 0.2) is 0 Å². The summed E-state index contributed by atoms with van der Waals surface area (Å²) in [7, 11) is -3.32. The lowest BCUT2D eigenvalue weighted by atomic mass is 10.1. The van der Waals surface area contributed by atoms with E-state index in [-0.39, 0.29) is 0 Å². The molecule has 1 heterocycles. The average Bonchev–Trinajstić information content (AvgIpc) is 2.53. The Balaban J connectivity index is 2.05. The van der Waals surface area contributed by atoms with Crippen molar-refractivity contribution >= 4 is 10.0 Å². The van der Waals surface area contributed by atoms with Gasteiger partial charge in [-0.25, -0.2) is 8.42 Å². The van der Waals surface area contributed by atoms with Crippen LogP contribution in [-0.4, -0.2) is 50.3 Å². The van der Waals surface area contributed by atoms with E-state index in [1.807, 2.05) is 12.1 Å². The van der Waals surface area contributed by atoms with E-state index in [2.05, 4.69) is 18.7 Å². The van der Waals surface area contributed by atoms with E-state index in [0.29, 0.717) is 18.0 Å². The average molecular weight is 310 g/mol. The number of hydrogen-bond donors (Lipinski definition) is 0. The van der Waals surface area contributed by atoms with E-state index in [4.69, 9.17) is 0 Å². The van der Waals surface area contributed by atoms with Gasteiger partial charge in [-0.1, -0.05) is 32.4 Å². The molecule has 1 aromatic carbocycles. The van der Waals surface area contributed by atoms with Gasteiger partial charge in [-0.3, -0.25) is 0 Å². The second-order valence-corrected chi connectivity index (χ2v) is 7.52. The highest BCUT2D eigenvalue weighted by Crippen LogP contribution is 2.18. The van der Waals surface area contributed by atoms with Gasteiger partial charge in [0.1, 0.15) is 0 Å². The standard InChI is InChI=1S/C16H26N2O2S/c1-3-5-6-15-7-9-16(10-8-15)21(19,20)18-13-11-17(4-2)12-14-18/h7-10H,3-6,11-14H2,1-2H3. The van der Waals surface area contributed by atoms with Crippen molar-refractivity contribution in [1.82, 2.24) is 9.21 Å². The Morgan fingerprint density at radius 1 is 1.00 bits per heavy atom. The van der Waals surface area contributed by atoms with Gasteiger partial charge in [0, 0.05) is 26.2 Å². The molecule has 0 amide bonds. The van der Waals surface area contributed by atoms with Crippen LogP contribution in [0.4, 0.5) is 0 Å². The maximum Gasteiger partial charge on any atom is 0.243 e. The number of unbranched alkanes of at least 4 members (excludes halogenated alkanes) is 1. The van der Waals surface area contributed by atoms with E-state index >= 15 is 0 Å². The lowest BCUT2D eigenvalue weighted by molar-refractivity contribution is 0.196. The number of benzene rings is 1. The van der Waals surface area contributed by atoms with Gasteiger partial charge in [0.25, 0.3) is 0 Å². The quantitative estimate of drug-likeness (QED) is 0.810. The molecule has 0 spiro atoms. The van der Waals surface area contributed by atoms with Gasteiger partial charge in [0.05, 0.1) is 4.90 Å². The lowest BCUT2D eigenvalue weighted by Gasteiger charge is -2.33. The second-order valence-electron chi connectivity index (χ2n) is 5.59. The molecule has 0 aliphatic carbocycles. The number of hydrogen-bond acceptors (Lipinski definition) is 3. The summed E-state index contributed by atoms with van der Waals surface area (Å²) in [5.74, 6) is 0. The second kappa shape index (κ2) is 7.38. The lowest BCUT2D eigenvalue weighted by Crippen LogP contribution is -2.48. The minimum Gasteiger partial charge on any atom is -0.301 e. The van der Waals surface area contributed by atoms with Crippen LogP contribution in [0.5, 0.6) is 0 Å². The maximum atomic E-state index is 12.6. The van der Waals surface area contributed by atoms with Crippen LogP contribution in [0.25, 0.3) is 0 Å². The molecule has 1 saturated heterocycles. The highest BCUT2D eigenvalue weighted by Gasteiger charge is 2.27. The van der Waals surface area contributed by atoms with Crippen molar-refractivity contribution in [3.8, 4) is 0 Å². The third kappa shape index (κ3) is 4.05. The Morgan fingerprint density at radius 2 is 1.62 bits per heavy atom. The fourth-order valence-electron chi connectivity index (χ4n) is 2.64. The van der Waals surface area contributed by atoms with Crippen LogP contribution in [0.1, 0.15) is 32.3 Å². The summed E-state index contributed by atoms with van der Waals surface area (Å²) in [5.41, 5.74) is 1.21. The normalized spacial score (nSPS) is 18.0. The van der Waals surface area contributed by atoms with Crippen molar-refractivity contribution in [3.63, 3.8) is 0 Å². The van der Waals surface area contributed by atoms with E-state index in [0.717, 1.165) is 38.9 Å². The molecule has 1 fully saturated rings. The third-order valence-corrected chi connectivity index (χ3v) is 6.07. The van der Waals surface area contributed by atoms with Gasteiger partial charge in [-0.15, -0.1) is 0 Å². The van der Waals surface area contributed by atoms with E-state index in [1.165, 1.54) is 5.56 Å². The molecule has 5 heteroatoms. The first kappa shape index (κ1) is 16.5. The van der Waals surface area contributed by atoms with Crippen LogP contribution in [0, 0.1) is 0 Å². The molecule has 0 N–H and O–H groups in total. The monoisotopic (exact) mass is 310 g/mol. The molecule has 0 bridgehead atoms. The SMILES string of the molecule is CCCCc1ccc(S(=O)(=O)N2CCN(CC)CC2)cc1. The topological polar surface area (TPSA) is 40.6 Å². The van der Waals surface area contributed by atoms with Crippen LogP contribution in [-0.2, 0) is 16.4 Å². The predicted octanol–water partition coefficient (Wildman–Crippen LogP) is 2.36. The summed E-state index contributed by atoms with van der Waals surface area (Å²) in [6.45, 7) is 8.09. The zero-order chi connectivity index (χ0) is 15.3. The van der Waals surface area contributed by atoms with E-state index < -0.39 is 10.0 Å². The minimum atomic E-state index is -3.32. The molecule has 118 valence electrons. The first-order chi connectivity index (χ1) is 10.1. The molecule has 1 aromatic rings. The smallest absolute Gasteiger partial charge is 0.243 e. The summed E-state index contributed by atoms with van der Waals surface area (Å²) in [6, 6.07) is 7.41.